The van der Waals surface area contributed by atoms with Crippen molar-refractivity contribution in [3.8, 4) is 0 Å². The van der Waals surface area contributed by atoms with E-state index in [1.54, 1.807) is 0 Å². The van der Waals surface area contributed by atoms with E-state index >= 15 is 0 Å². The highest BCUT2D eigenvalue weighted by Crippen LogP contribution is 2.02. The van der Waals surface area contributed by atoms with Gasteiger partial charge in [-0.2, -0.15) is 0 Å². The van der Waals surface area contributed by atoms with Crippen LogP contribution in [0.15, 0.2) is 29.4 Å². The van der Waals surface area contributed by atoms with Crippen LogP contribution in [0.3, 0.4) is 0 Å². The topological polar surface area (TPSA) is 21.6 Å². The molecule has 0 unspecified atom stereocenters. The van der Waals surface area contributed by atoms with Crippen molar-refractivity contribution in [2.45, 2.75) is 13.8 Å². The zero-order valence-corrected chi connectivity index (χ0v) is 7.87. The van der Waals surface area contributed by atoms with Crippen LogP contribution in [0.2, 0.25) is 0 Å². The Kier molecular flexibility index (Phi) is 5.70. The van der Waals surface area contributed by atoms with Crippen LogP contribution < -0.4 is 0 Å². The van der Waals surface area contributed by atoms with Gasteiger partial charge in [-0.15, -0.1) is 5.16 Å². The van der Waals surface area contributed by atoms with Crippen LogP contribution in [0.25, 0.3) is 0 Å². The van der Waals surface area contributed by atoms with Gasteiger partial charge in [0, 0.05) is 6.72 Å². The quantitative estimate of drug-likeness (QED) is 0.463. The molecule has 0 aliphatic rings. The van der Waals surface area contributed by atoms with Gasteiger partial charge < -0.3 is 4.84 Å². The summed E-state index contributed by atoms with van der Waals surface area (Å²) in [5.41, 5.74) is 2.74. The summed E-state index contributed by atoms with van der Waals surface area (Å²) in [5.74, 6) is 0. The van der Waals surface area contributed by atoms with E-state index in [1.807, 2.05) is 0 Å². The van der Waals surface area contributed by atoms with Gasteiger partial charge in [0.05, 0.1) is 0 Å². The maximum Gasteiger partial charge on any atom is 0.106 e. The predicted molar refractivity (Wildman–Crippen MR) is 52.5 cm³/mol. The summed E-state index contributed by atoms with van der Waals surface area (Å²) in [6, 6.07) is 8.36. The van der Waals surface area contributed by atoms with Gasteiger partial charge in [0.15, 0.2) is 0 Å². The molecule has 66 valence electrons. The molecule has 0 fully saturated rings. The highest BCUT2D eigenvalue weighted by atomic mass is 16.6. The summed E-state index contributed by atoms with van der Waals surface area (Å²) in [5, 5.41) is 2.99. The first kappa shape index (κ1) is 10.7. The van der Waals surface area contributed by atoms with Crippen LogP contribution >= 0.6 is 0 Å². The molecule has 2 nitrogen and oxygen atoms in total. The molecule has 0 aliphatic heterocycles. The highest BCUT2D eigenvalue weighted by molar-refractivity contribution is 5.23. The Bertz CT molecular complexity index is 212. The molecule has 0 atom stereocenters. The van der Waals surface area contributed by atoms with Crippen molar-refractivity contribution >= 4 is 6.72 Å². The fourth-order valence-corrected chi connectivity index (χ4v) is 0.663. The molecule has 0 amide bonds. The van der Waals surface area contributed by atoms with E-state index in [2.05, 4.69) is 54.8 Å². The molecule has 0 spiro atoms. The highest BCUT2D eigenvalue weighted by Gasteiger charge is 1.83. The minimum Gasteiger partial charge on any atom is -0.400 e. The Balaban J connectivity index is 0.000000261. The second kappa shape index (κ2) is 6.40. The molecule has 0 heterocycles. The molecule has 2 heteroatoms. The lowest BCUT2D eigenvalue weighted by molar-refractivity contribution is 0.217. The third-order valence-electron chi connectivity index (χ3n) is 1.55. The minimum absolute atomic E-state index is 1.37. The van der Waals surface area contributed by atoms with E-state index in [0.717, 1.165) is 0 Å². The maximum absolute atomic E-state index is 4.06. The van der Waals surface area contributed by atoms with Gasteiger partial charge in [0.1, 0.15) is 7.11 Å². The van der Waals surface area contributed by atoms with Crippen molar-refractivity contribution < 1.29 is 4.84 Å². The zero-order chi connectivity index (χ0) is 9.40. The summed E-state index contributed by atoms with van der Waals surface area (Å²) >= 11 is 0. The van der Waals surface area contributed by atoms with E-state index in [-0.39, 0.29) is 0 Å². The van der Waals surface area contributed by atoms with Crippen molar-refractivity contribution in [3.05, 3.63) is 35.4 Å². The summed E-state index contributed by atoms with van der Waals surface area (Å²) in [4.78, 5) is 4.06. The number of hydrogen-bond acceptors (Lipinski definition) is 2. The Labute approximate surface area is 73.9 Å². The van der Waals surface area contributed by atoms with Gasteiger partial charge in [0.25, 0.3) is 0 Å². The number of rotatable bonds is 1. The van der Waals surface area contributed by atoms with Crippen LogP contribution in [-0.2, 0) is 4.84 Å². The third-order valence-corrected chi connectivity index (χ3v) is 1.55. The van der Waals surface area contributed by atoms with Crippen LogP contribution in [-0.4, -0.2) is 13.8 Å². The van der Waals surface area contributed by atoms with E-state index in [1.165, 1.54) is 18.2 Å². The van der Waals surface area contributed by atoms with Crippen molar-refractivity contribution in [2.24, 2.45) is 5.16 Å². The second-order valence-electron chi connectivity index (χ2n) is 2.40. The van der Waals surface area contributed by atoms with Crippen molar-refractivity contribution in [1.29, 1.82) is 0 Å². The number of nitrogens with zero attached hydrogens (tertiary/aromatic N) is 1. The number of hydrogen-bond donors (Lipinski definition) is 0. The molecule has 0 aromatic heterocycles. The van der Waals surface area contributed by atoms with Gasteiger partial charge in [-0.05, 0) is 25.0 Å². The monoisotopic (exact) mass is 165 g/mol. The summed E-state index contributed by atoms with van der Waals surface area (Å²) in [6.45, 7) is 7.25. The average Bonchev–Trinajstić information content (AvgIpc) is 2.11. The van der Waals surface area contributed by atoms with E-state index in [0.29, 0.717) is 0 Å². The van der Waals surface area contributed by atoms with Gasteiger partial charge in [-0.1, -0.05) is 24.3 Å². The lowest BCUT2D eigenvalue weighted by Crippen LogP contribution is -1.74. The molecular weight excluding hydrogens is 150 g/mol. The van der Waals surface area contributed by atoms with E-state index in [9.17, 15) is 0 Å². The first-order valence-electron chi connectivity index (χ1n) is 3.73. The molecule has 0 N–H and O–H groups in total. The average molecular weight is 165 g/mol. The van der Waals surface area contributed by atoms with Crippen molar-refractivity contribution in [3.63, 3.8) is 0 Å². The summed E-state index contributed by atoms with van der Waals surface area (Å²) in [7, 11) is 1.45. The number of aryl methyl sites for hydroxylation is 2. The molecule has 0 saturated carbocycles. The molecule has 1 aromatic rings. The lowest BCUT2D eigenvalue weighted by Gasteiger charge is -1.93. The molecule has 0 bridgehead atoms. The maximum atomic E-state index is 4.06. The molecular formula is C10H15NO. The molecule has 0 saturated heterocycles. The van der Waals surface area contributed by atoms with Crippen molar-refractivity contribution in [1.82, 2.24) is 0 Å². The molecule has 0 radical (unpaired) electrons. The fraction of sp³-hybridized carbons (Fsp3) is 0.300. The summed E-state index contributed by atoms with van der Waals surface area (Å²) < 4.78 is 0. The normalized spacial score (nSPS) is 7.92. The SMILES string of the molecule is C=NOC.Cc1ccccc1C. The molecule has 0 aliphatic carbocycles. The smallest absolute Gasteiger partial charge is 0.106 e. The standard InChI is InChI=1S/C8H10.C2H5NO/c1-7-5-3-4-6-8(7)2;1-3-4-2/h3-6H,1-2H3;1H2,2H3. The van der Waals surface area contributed by atoms with E-state index < -0.39 is 0 Å². The second-order valence-corrected chi connectivity index (χ2v) is 2.40. The first-order valence-corrected chi connectivity index (χ1v) is 3.73. The Morgan fingerprint density at radius 3 is 1.67 bits per heavy atom. The van der Waals surface area contributed by atoms with Crippen LogP contribution in [0, 0.1) is 13.8 Å². The van der Waals surface area contributed by atoms with Crippen LogP contribution in [0.4, 0.5) is 0 Å². The van der Waals surface area contributed by atoms with Crippen LogP contribution in [0.1, 0.15) is 11.1 Å². The Morgan fingerprint density at radius 2 is 1.50 bits per heavy atom. The largest absolute Gasteiger partial charge is 0.400 e. The van der Waals surface area contributed by atoms with E-state index in [4.69, 9.17) is 0 Å². The molecule has 1 rings (SSSR count). The number of oxime groups is 1. The van der Waals surface area contributed by atoms with Gasteiger partial charge in [0.2, 0.25) is 0 Å². The summed E-state index contributed by atoms with van der Waals surface area (Å²) in [6.07, 6.45) is 0. The lowest BCUT2D eigenvalue weighted by atomic mass is 10.1. The molecule has 12 heavy (non-hydrogen) atoms. The van der Waals surface area contributed by atoms with Gasteiger partial charge in [-0.25, -0.2) is 0 Å². The van der Waals surface area contributed by atoms with Gasteiger partial charge in [-0.3, -0.25) is 0 Å². The Morgan fingerprint density at radius 1 is 1.17 bits per heavy atom. The zero-order valence-electron chi connectivity index (χ0n) is 7.87. The molecule has 1 aromatic carbocycles. The van der Waals surface area contributed by atoms with Gasteiger partial charge >= 0.3 is 0 Å². The number of benzene rings is 1. The van der Waals surface area contributed by atoms with Crippen molar-refractivity contribution in [2.75, 3.05) is 7.11 Å². The Hall–Kier alpha value is -1.31. The third kappa shape index (κ3) is 4.50. The fourth-order valence-electron chi connectivity index (χ4n) is 0.663. The van der Waals surface area contributed by atoms with Crippen LogP contribution in [0.5, 0.6) is 0 Å². The predicted octanol–water partition coefficient (Wildman–Crippen LogP) is 2.55. The first-order chi connectivity index (χ1) is 5.72. The minimum atomic E-state index is 1.37.